The Morgan fingerprint density at radius 3 is 2.76 bits per heavy atom. The van der Waals surface area contributed by atoms with Crippen molar-refractivity contribution < 1.29 is 4.79 Å². The minimum atomic E-state index is 0.117. The Morgan fingerprint density at radius 1 is 1.38 bits per heavy atom. The molecule has 2 rings (SSSR count). The van der Waals surface area contributed by atoms with Crippen LogP contribution in [0.2, 0.25) is 0 Å². The van der Waals surface area contributed by atoms with E-state index in [1.807, 2.05) is 24.0 Å². The number of aryl methyl sites for hydroxylation is 1. The van der Waals surface area contributed by atoms with Gasteiger partial charge in [0, 0.05) is 43.5 Å². The summed E-state index contributed by atoms with van der Waals surface area (Å²) >= 11 is 0. The Labute approximate surface area is 127 Å². The number of hydrogen-bond acceptors (Lipinski definition) is 4. The van der Waals surface area contributed by atoms with E-state index in [1.54, 1.807) is 0 Å². The van der Waals surface area contributed by atoms with Gasteiger partial charge in [-0.1, -0.05) is 6.92 Å². The normalized spacial score (nSPS) is 19.6. The fourth-order valence-electron chi connectivity index (χ4n) is 2.58. The van der Waals surface area contributed by atoms with Crippen molar-refractivity contribution >= 4 is 11.7 Å². The summed E-state index contributed by atoms with van der Waals surface area (Å²) in [5.41, 5.74) is 1.70. The van der Waals surface area contributed by atoms with E-state index < -0.39 is 0 Å². The number of hydrogen-bond donors (Lipinski definition) is 1. The molecule has 21 heavy (non-hydrogen) atoms. The average molecular weight is 290 g/mol. The van der Waals surface area contributed by atoms with Gasteiger partial charge in [0.15, 0.2) is 0 Å². The highest BCUT2D eigenvalue weighted by Crippen LogP contribution is 2.16. The Bertz CT molecular complexity index is 503. The van der Waals surface area contributed by atoms with E-state index in [0.29, 0.717) is 6.04 Å². The third kappa shape index (κ3) is 3.73. The van der Waals surface area contributed by atoms with Gasteiger partial charge in [0.2, 0.25) is 0 Å². The Kier molecular flexibility index (Phi) is 5.17. The first kappa shape index (κ1) is 15.8. The second-order valence-electron chi connectivity index (χ2n) is 5.70. The van der Waals surface area contributed by atoms with Gasteiger partial charge in [-0.15, -0.1) is 0 Å². The number of rotatable bonds is 4. The lowest BCUT2D eigenvalue weighted by molar-refractivity contribution is 0.0572. The van der Waals surface area contributed by atoms with Gasteiger partial charge in [-0.2, -0.15) is 0 Å². The summed E-state index contributed by atoms with van der Waals surface area (Å²) in [5.74, 6) is 0.911. The molecule has 1 unspecified atom stereocenters. The molecule has 1 amide bonds. The van der Waals surface area contributed by atoms with Crippen LogP contribution in [0.5, 0.6) is 0 Å². The monoisotopic (exact) mass is 290 g/mol. The van der Waals surface area contributed by atoms with E-state index in [9.17, 15) is 4.79 Å². The summed E-state index contributed by atoms with van der Waals surface area (Å²) < 4.78 is 0. The molecule has 5 heteroatoms. The van der Waals surface area contributed by atoms with Crippen LogP contribution in [0.3, 0.4) is 0 Å². The molecule has 0 radical (unpaired) electrons. The van der Waals surface area contributed by atoms with Gasteiger partial charge in [-0.05, 0) is 39.4 Å². The van der Waals surface area contributed by atoms with Crippen molar-refractivity contribution in [3.8, 4) is 0 Å². The van der Waals surface area contributed by atoms with Crippen LogP contribution >= 0.6 is 0 Å². The molecule has 1 atom stereocenters. The third-order valence-corrected chi connectivity index (χ3v) is 4.09. The van der Waals surface area contributed by atoms with E-state index in [4.69, 9.17) is 0 Å². The first-order valence-electron chi connectivity index (χ1n) is 7.79. The summed E-state index contributed by atoms with van der Waals surface area (Å²) in [4.78, 5) is 21.5. The SMILES string of the molecule is CCNc1cc(C(=O)N2CCN(C)C(C)C2)cc(CC)n1. The number of likely N-dealkylation sites (N-methyl/N-ethyl adjacent to an activating group) is 1. The molecule has 116 valence electrons. The topological polar surface area (TPSA) is 48.5 Å². The average Bonchev–Trinajstić information content (AvgIpc) is 2.49. The summed E-state index contributed by atoms with van der Waals surface area (Å²) in [6, 6.07) is 4.20. The molecule has 0 bridgehead atoms. The predicted octanol–water partition coefficient (Wildman–Crippen LogP) is 1.85. The van der Waals surface area contributed by atoms with Crippen molar-refractivity contribution in [2.45, 2.75) is 33.2 Å². The highest BCUT2D eigenvalue weighted by molar-refractivity contribution is 5.95. The summed E-state index contributed by atoms with van der Waals surface area (Å²) in [6.45, 7) is 9.56. The molecule has 0 saturated carbocycles. The first-order valence-corrected chi connectivity index (χ1v) is 7.79. The minimum absolute atomic E-state index is 0.117. The number of piperazine rings is 1. The van der Waals surface area contributed by atoms with Crippen LogP contribution < -0.4 is 5.32 Å². The zero-order valence-electron chi connectivity index (χ0n) is 13.5. The van der Waals surface area contributed by atoms with Crippen LogP contribution in [0.1, 0.15) is 36.8 Å². The van der Waals surface area contributed by atoms with E-state index in [2.05, 4.69) is 36.1 Å². The van der Waals surface area contributed by atoms with Gasteiger partial charge in [-0.25, -0.2) is 4.98 Å². The fraction of sp³-hybridized carbons (Fsp3) is 0.625. The molecule has 1 fully saturated rings. The van der Waals surface area contributed by atoms with E-state index in [0.717, 1.165) is 49.7 Å². The molecule has 1 aromatic heterocycles. The molecule has 1 saturated heterocycles. The maximum absolute atomic E-state index is 12.7. The Hall–Kier alpha value is -1.62. The standard InChI is InChI=1S/C16H26N4O/c1-5-14-9-13(10-15(18-14)17-6-2)16(21)20-8-7-19(4)12(3)11-20/h9-10,12H,5-8,11H2,1-4H3,(H,17,18). The molecule has 1 N–H and O–H groups in total. The van der Waals surface area contributed by atoms with E-state index in [1.165, 1.54) is 0 Å². The Balaban J connectivity index is 2.20. The third-order valence-electron chi connectivity index (χ3n) is 4.09. The van der Waals surface area contributed by atoms with Gasteiger partial charge in [0.25, 0.3) is 5.91 Å². The van der Waals surface area contributed by atoms with Gasteiger partial charge in [-0.3, -0.25) is 4.79 Å². The molecule has 5 nitrogen and oxygen atoms in total. The van der Waals surface area contributed by atoms with E-state index in [-0.39, 0.29) is 5.91 Å². The predicted molar refractivity (Wildman–Crippen MR) is 85.8 cm³/mol. The van der Waals surface area contributed by atoms with Crippen LogP contribution in [0.15, 0.2) is 12.1 Å². The van der Waals surface area contributed by atoms with Gasteiger partial charge < -0.3 is 15.1 Å². The van der Waals surface area contributed by atoms with Gasteiger partial charge in [0.1, 0.15) is 5.82 Å². The molecule has 1 aliphatic rings. The van der Waals surface area contributed by atoms with Crippen LogP contribution in [-0.2, 0) is 6.42 Å². The zero-order valence-corrected chi connectivity index (χ0v) is 13.5. The number of carbonyl (C=O) groups is 1. The van der Waals surface area contributed by atoms with Crippen LogP contribution in [0.4, 0.5) is 5.82 Å². The molecule has 0 aliphatic carbocycles. The largest absolute Gasteiger partial charge is 0.370 e. The Morgan fingerprint density at radius 2 is 2.14 bits per heavy atom. The smallest absolute Gasteiger partial charge is 0.254 e. The lowest BCUT2D eigenvalue weighted by Gasteiger charge is -2.37. The number of pyridine rings is 1. The zero-order chi connectivity index (χ0) is 15.4. The maximum Gasteiger partial charge on any atom is 0.254 e. The second kappa shape index (κ2) is 6.89. The molecular formula is C16H26N4O. The number of nitrogens with zero attached hydrogens (tertiary/aromatic N) is 3. The van der Waals surface area contributed by atoms with Crippen LogP contribution in [0, 0.1) is 0 Å². The minimum Gasteiger partial charge on any atom is -0.370 e. The van der Waals surface area contributed by atoms with E-state index >= 15 is 0 Å². The second-order valence-corrected chi connectivity index (χ2v) is 5.70. The molecule has 2 heterocycles. The highest BCUT2D eigenvalue weighted by Gasteiger charge is 2.25. The number of amides is 1. The number of carbonyl (C=O) groups excluding carboxylic acids is 1. The van der Waals surface area contributed by atoms with Gasteiger partial charge in [0.05, 0.1) is 0 Å². The van der Waals surface area contributed by atoms with Crippen molar-refractivity contribution in [3.05, 3.63) is 23.4 Å². The quantitative estimate of drug-likeness (QED) is 0.919. The fourth-order valence-corrected chi connectivity index (χ4v) is 2.58. The van der Waals surface area contributed by atoms with Crippen molar-refractivity contribution in [2.75, 3.05) is 38.5 Å². The lowest BCUT2D eigenvalue weighted by Crippen LogP contribution is -2.52. The molecule has 0 spiro atoms. The van der Waals surface area contributed by atoms with Crippen molar-refractivity contribution in [1.29, 1.82) is 0 Å². The summed E-state index contributed by atoms with van der Waals surface area (Å²) in [5, 5.41) is 3.21. The molecule has 0 aromatic carbocycles. The molecule has 1 aliphatic heterocycles. The molecule has 1 aromatic rings. The van der Waals surface area contributed by atoms with Crippen molar-refractivity contribution in [3.63, 3.8) is 0 Å². The first-order chi connectivity index (χ1) is 10.0. The number of nitrogens with one attached hydrogen (secondary N) is 1. The maximum atomic E-state index is 12.7. The number of anilines is 1. The van der Waals surface area contributed by atoms with Crippen LogP contribution in [0.25, 0.3) is 0 Å². The highest BCUT2D eigenvalue weighted by atomic mass is 16.2. The lowest BCUT2D eigenvalue weighted by atomic mass is 10.1. The summed E-state index contributed by atoms with van der Waals surface area (Å²) in [6.07, 6.45) is 0.832. The van der Waals surface area contributed by atoms with Crippen LogP contribution in [-0.4, -0.2) is 60.0 Å². The summed E-state index contributed by atoms with van der Waals surface area (Å²) in [7, 11) is 2.11. The van der Waals surface area contributed by atoms with Gasteiger partial charge >= 0.3 is 0 Å². The van der Waals surface area contributed by atoms with Crippen molar-refractivity contribution in [1.82, 2.24) is 14.8 Å². The number of aromatic nitrogens is 1. The molecular weight excluding hydrogens is 264 g/mol. The van der Waals surface area contributed by atoms with Crippen molar-refractivity contribution in [2.24, 2.45) is 0 Å².